The summed E-state index contributed by atoms with van der Waals surface area (Å²) in [6, 6.07) is 32.8. The summed E-state index contributed by atoms with van der Waals surface area (Å²) in [4.78, 5) is 0. The van der Waals surface area contributed by atoms with E-state index in [1.807, 2.05) is 0 Å². The Hall–Kier alpha value is -2.34. The molecule has 3 aromatic carbocycles. The molecule has 1 unspecified atom stereocenters. The summed E-state index contributed by atoms with van der Waals surface area (Å²) in [5.41, 5.74) is 4.33. The molecule has 0 saturated heterocycles. The van der Waals surface area contributed by atoms with E-state index in [0.29, 0.717) is 5.92 Å². The number of rotatable bonds is 8. The summed E-state index contributed by atoms with van der Waals surface area (Å²) < 4.78 is 0. The second-order valence-corrected chi connectivity index (χ2v) is 7.10. The molecule has 0 amide bonds. The van der Waals surface area contributed by atoms with E-state index < -0.39 is 0 Å². The first-order valence-corrected chi connectivity index (χ1v) is 9.47. The molecule has 0 aromatic heterocycles. The van der Waals surface area contributed by atoms with Gasteiger partial charge in [0, 0.05) is 5.92 Å². The van der Waals surface area contributed by atoms with Gasteiger partial charge in [0.05, 0.1) is 0 Å². The maximum Gasteiger partial charge on any atom is 0.00893 e. The van der Waals surface area contributed by atoms with Crippen molar-refractivity contribution in [3.63, 3.8) is 0 Å². The average Bonchev–Trinajstić information content (AvgIpc) is 2.67. The first-order valence-electron chi connectivity index (χ1n) is 9.47. The van der Waals surface area contributed by atoms with Crippen LogP contribution >= 0.6 is 0 Å². The number of hydrogen-bond acceptors (Lipinski definition) is 0. The Kier molecular flexibility index (Phi) is 6.45. The van der Waals surface area contributed by atoms with Gasteiger partial charge >= 0.3 is 0 Å². The number of hydrogen-bond donors (Lipinski definition) is 0. The van der Waals surface area contributed by atoms with Crippen molar-refractivity contribution in [1.82, 2.24) is 0 Å². The monoisotopic (exact) mass is 328 g/mol. The molecule has 0 N–H and O–H groups in total. The Labute approximate surface area is 152 Å². The molecule has 128 valence electrons. The van der Waals surface area contributed by atoms with Crippen LogP contribution in [0.3, 0.4) is 0 Å². The van der Waals surface area contributed by atoms with Crippen LogP contribution < -0.4 is 0 Å². The van der Waals surface area contributed by atoms with Gasteiger partial charge in [-0.05, 0) is 35.4 Å². The lowest BCUT2D eigenvalue weighted by atomic mass is 9.85. The average molecular weight is 328 g/mol. The van der Waals surface area contributed by atoms with Crippen molar-refractivity contribution in [2.24, 2.45) is 5.92 Å². The fraction of sp³-hybridized carbons (Fsp3) is 0.280. The van der Waals surface area contributed by atoms with Crippen molar-refractivity contribution in [3.05, 3.63) is 108 Å². The second-order valence-electron chi connectivity index (χ2n) is 7.10. The van der Waals surface area contributed by atoms with Crippen LogP contribution in [0.4, 0.5) is 0 Å². The zero-order chi connectivity index (χ0) is 17.3. The normalized spacial score (nSPS) is 12.2. The van der Waals surface area contributed by atoms with Crippen LogP contribution in [-0.4, -0.2) is 0 Å². The Morgan fingerprint density at radius 3 is 1.60 bits per heavy atom. The molecule has 0 spiro atoms. The summed E-state index contributed by atoms with van der Waals surface area (Å²) in [5, 5.41) is 0. The lowest BCUT2D eigenvalue weighted by Gasteiger charge is -2.19. The van der Waals surface area contributed by atoms with E-state index in [0.717, 1.165) is 5.92 Å². The molecule has 0 aliphatic rings. The van der Waals surface area contributed by atoms with Crippen LogP contribution in [0.5, 0.6) is 0 Å². The third-order valence-corrected chi connectivity index (χ3v) is 5.02. The molecule has 0 aliphatic carbocycles. The van der Waals surface area contributed by atoms with Gasteiger partial charge in [0.25, 0.3) is 0 Å². The van der Waals surface area contributed by atoms with E-state index in [9.17, 15) is 0 Å². The van der Waals surface area contributed by atoms with Crippen molar-refractivity contribution in [2.75, 3.05) is 0 Å². The summed E-state index contributed by atoms with van der Waals surface area (Å²) in [7, 11) is 0. The molecule has 25 heavy (non-hydrogen) atoms. The topological polar surface area (TPSA) is 0 Å². The van der Waals surface area contributed by atoms with Crippen molar-refractivity contribution in [3.8, 4) is 0 Å². The Morgan fingerprint density at radius 2 is 1.08 bits per heavy atom. The summed E-state index contributed by atoms with van der Waals surface area (Å²) in [6.07, 6.45) is 4.95. The molecular weight excluding hydrogens is 300 g/mol. The minimum Gasteiger partial charge on any atom is -0.0622 e. The lowest BCUT2D eigenvalue weighted by Crippen LogP contribution is -2.04. The van der Waals surface area contributed by atoms with E-state index in [1.54, 1.807) is 0 Å². The zero-order valence-corrected chi connectivity index (χ0v) is 15.1. The predicted molar refractivity (Wildman–Crippen MR) is 108 cm³/mol. The van der Waals surface area contributed by atoms with Crippen molar-refractivity contribution in [2.45, 2.75) is 38.5 Å². The van der Waals surface area contributed by atoms with E-state index in [1.165, 1.54) is 42.4 Å². The highest BCUT2D eigenvalue weighted by Gasteiger charge is 2.14. The van der Waals surface area contributed by atoms with Gasteiger partial charge < -0.3 is 0 Å². The van der Waals surface area contributed by atoms with Crippen molar-refractivity contribution < 1.29 is 0 Å². The van der Waals surface area contributed by atoms with Crippen molar-refractivity contribution >= 4 is 0 Å². The molecule has 3 rings (SSSR count). The second kappa shape index (κ2) is 9.22. The largest absolute Gasteiger partial charge is 0.0622 e. The van der Waals surface area contributed by atoms with E-state index in [2.05, 4.69) is 97.9 Å². The van der Waals surface area contributed by atoms with Gasteiger partial charge in [0.15, 0.2) is 0 Å². The van der Waals surface area contributed by atoms with Gasteiger partial charge in [-0.2, -0.15) is 0 Å². The van der Waals surface area contributed by atoms with Gasteiger partial charge in [-0.25, -0.2) is 0 Å². The maximum absolute atomic E-state index is 2.38. The maximum atomic E-state index is 2.38. The highest BCUT2D eigenvalue weighted by Crippen LogP contribution is 2.30. The smallest absolute Gasteiger partial charge is 0.00893 e. The van der Waals surface area contributed by atoms with Crippen molar-refractivity contribution in [1.29, 1.82) is 0 Å². The quantitative estimate of drug-likeness (QED) is 0.423. The Morgan fingerprint density at radius 1 is 0.600 bits per heavy atom. The zero-order valence-electron chi connectivity index (χ0n) is 15.1. The highest BCUT2D eigenvalue weighted by atomic mass is 14.2. The van der Waals surface area contributed by atoms with Crippen LogP contribution in [0.15, 0.2) is 91.0 Å². The van der Waals surface area contributed by atoms with Crippen LogP contribution in [-0.2, 0) is 6.42 Å². The molecule has 3 aromatic rings. The minimum absolute atomic E-state index is 0.506. The van der Waals surface area contributed by atoms with Crippen LogP contribution in [0.2, 0.25) is 0 Å². The molecule has 0 heteroatoms. The van der Waals surface area contributed by atoms with E-state index >= 15 is 0 Å². The summed E-state index contributed by atoms with van der Waals surface area (Å²) in [5.74, 6) is 1.24. The molecule has 0 bridgehead atoms. The van der Waals surface area contributed by atoms with Crippen LogP contribution in [0.1, 0.15) is 48.8 Å². The molecule has 0 heterocycles. The Balaban J connectivity index is 1.60. The standard InChI is InChI=1S/C25H28/c1-21(20-22-13-5-2-6-14-22)12-11-19-25(23-15-7-3-8-16-23)24-17-9-4-10-18-24/h2-10,13-18,21,25H,11-12,19-20H2,1H3. The minimum atomic E-state index is 0.506. The molecule has 0 fully saturated rings. The Bertz CT molecular complexity index is 676. The SMILES string of the molecule is CC(CCCC(c1ccccc1)c1ccccc1)Cc1ccccc1. The fourth-order valence-electron chi connectivity index (χ4n) is 3.69. The molecule has 1 atom stereocenters. The molecule has 0 saturated carbocycles. The predicted octanol–water partition coefficient (Wildman–Crippen LogP) is 6.87. The molecule has 0 radical (unpaired) electrons. The highest BCUT2D eigenvalue weighted by molar-refractivity contribution is 5.32. The third-order valence-electron chi connectivity index (χ3n) is 5.02. The van der Waals surface area contributed by atoms with E-state index in [4.69, 9.17) is 0 Å². The van der Waals surface area contributed by atoms with Crippen LogP contribution in [0.25, 0.3) is 0 Å². The van der Waals surface area contributed by atoms with Gasteiger partial charge in [0.2, 0.25) is 0 Å². The van der Waals surface area contributed by atoms with E-state index in [-0.39, 0.29) is 0 Å². The number of benzene rings is 3. The van der Waals surface area contributed by atoms with Gasteiger partial charge in [-0.15, -0.1) is 0 Å². The first kappa shape index (κ1) is 17.5. The first-order chi connectivity index (χ1) is 12.3. The van der Waals surface area contributed by atoms with Gasteiger partial charge in [-0.3, -0.25) is 0 Å². The summed E-state index contributed by atoms with van der Waals surface area (Å²) >= 11 is 0. The van der Waals surface area contributed by atoms with Gasteiger partial charge in [-0.1, -0.05) is 111 Å². The molecule has 0 aliphatic heterocycles. The summed E-state index contributed by atoms with van der Waals surface area (Å²) in [6.45, 7) is 2.38. The van der Waals surface area contributed by atoms with Crippen LogP contribution in [0, 0.1) is 5.92 Å². The third kappa shape index (κ3) is 5.32. The molecular formula is C25H28. The van der Waals surface area contributed by atoms with Gasteiger partial charge in [0.1, 0.15) is 0 Å². The fourth-order valence-corrected chi connectivity index (χ4v) is 3.69. The molecule has 0 nitrogen and oxygen atoms in total. The lowest BCUT2D eigenvalue weighted by molar-refractivity contribution is 0.484.